The molecule has 2 aromatic carbocycles. The molecule has 1 amide bonds. The van der Waals surface area contributed by atoms with Crippen molar-refractivity contribution in [1.29, 1.82) is 0 Å². The van der Waals surface area contributed by atoms with Gasteiger partial charge < -0.3 is 16.0 Å². The van der Waals surface area contributed by atoms with Crippen LogP contribution in [0.25, 0.3) is 0 Å². The van der Waals surface area contributed by atoms with Crippen molar-refractivity contribution in [3.05, 3.63) is 64.1 Å². The average molecular weight is 472 g/mol. The molecule has 0 spiro atoms. The first-order valence-corrected chi connectivity index (χ1v) is 9.42. The Hall–Kier alpha value is -0.950. The van der Waals surface area contributed by atoms with E-state index < -0.39 is 15.9 Å². The number of nitrogens with one attached hydrogen (secondary N) is 3. The van der Waals surface area contributed by atoms with Crippen molar-refractivity contribution in [2.45, 2.75) is 9.96 Å². The first-order chi connectivity index (χ1) is 12.2. The van der Waals surface area contributed by atoms with Gasteiger partial charge in [-0.25, -0.2) is 0 Å². The lowest BCUT2D eigenvalue weighted by atomic mass is 10.2. The highest BCUT2D eigenvalue weighted by atomic mass is 35.6. The molecular weight excluding hydrogens is 460 g/mol. The van der Waals surface area contributed by atoms with Gasteiger partial charge in [-0.15, -0.1) is 0 Å². The molecule has 0 aliphatic carbocycles. The lowest BCUT2D eigenvalue weighted by Gasteiger charge is -2.28. The molecule has 138 valence electrons. The number of thiocarbonyl (C=S) groups is 1. The monoisotopic (exact) mass is 469 g/mol. The molecule has 3 N–H and O–H groups in total. The van der Waals surface area contributed by atoms with E-state index in [0.29, 0.717) is 21.3 Å². The molecule has 0 heterocycles. The minimum absolute atomic E-state index is 0.0962. The number of hydrogen-bond acceptors (Lipinski definition) is 2. The van der Waals surface area contributed by atoms with Crippen LogP contribution in [0.3, 0.4) is 0 Å². The van der Waals surface area contributed by atoms with E-state index in [-0.39, 0.29) is 5.11 Å². The zero-order chi connectivity index (χ0) is 19.3. The normalized spacial score (nSPS) is 12.2. The number of carbonyl (C=O) groups excluding carboxylic acids is 1. The van der Waals surface area contributed by atoms with E-state index in [2.05, 4.69) is 16.0 Å². The Balaban J connectivity index is 2.07. The molecule has 0 fully saturated rings. The Morgan fingerprint density at radius 2 is 1.65 bits per heavy atom. The maximum atomic E-state index is 12.3. The molecule has 0 saturated heterocycles. The number of amides is 1. The van der Waals surface area contributed by atoms with Crippen molar-refractivity contribution in [3.63, 3.8) is 0 Å². The zero-order valence-electron chi connectivity index (χ0n) is 12.9. The van der Waals surface area contributed by atoms with Gasteiger partial charge in [-0.05, 0) is 42.5 Å². The summed E-state index contributed by atoms with van der Waals surface area (Å²) in [7, 11) is 0. The maximum absolute atomic E-state index is 12.3. The number of rotatable bonds is 4. The quantitative estimate of drug-likeness (QED) is 0.317. The summed E-state index contributed by atoms with van der Waals surface area (Å²) < 4.78 is -1.86. The fourth-order valence-electron chi connectivity index (χ4n) is 1.88. The molecule has 0 aromatic heterocycles. The van der Waals surface area contributed by atoms with E-state index >= 15 is 0 Å². The summed E-state index contributed by atoms with van der Waals surface area (Å²) in [5.74, 6) is -0.429. The molecule has 2 aromatic rings. The minimum Gasteiger partial charge on any atom is -0.339 e. The fourth-order valence-corrected chi connectivity index (χ4v) is 2.89. The Labute approximate surface area is 181 Å². The highest BCUT2D eigenvalue weighted by Crippen LogP contribution is 2.30. The van der Waals surface area contributed by atoms with Gasteiger partial charge in [-0.2, -0.15) is 0 Å². The second kappa shape index (κ2) is 9.31. The van der Waals surface area contributed by atoms with Gasteiger partial charge >= 0.3 is 0 Å². The molecule has 0 bridgehead atoms. The summed E-state index contributed by atoms with van der Waals surface area (Å²) in [6.07, 6.45) is -1.09. The first-order valence-electron chi connectivity index (χ1n) is 7.12. The lowest BCUT2D eigenvalue weighted by Crippen LogP contribution is -2.56. The van der Waals surface area contributed by atoms with E-state index in [9.17, 15) is 4.79 Å². The van der Waals surface area contributed by atoms with E-state index in [0.717, 1.165) is 0 Å². The Morgan fingerprint density at radius 1 is 1.00 bits per heavy atom. The number of alkyl halides is 3. The van der Waals surface area contributed by atoms with Gasteiger partial charge in [0.05, 0.1) is 10.7 Å². The largest absolute Gasteiger partial charge is 0.339 e. The summed E-state index contributed by atoms with van der Waals surface area (Å²) in [5.41, 5.74) is 0.916. The third-order valence-corrected chi connectivity index (χ3v) is 4.52. The van der Waals surface area contributed by atoms with Crippen molar-refractivity contribution in [2.75, 3.05) is 5.32 Å². The molecular formula is C16H12Cl5N3OS. The standard InChI is InChI=1S/C16H12Cl5N3OS/c17-10-6-7-12(11(18)8-10)22-15(26)24-14(16(19,20)21)23-13(25)9-4-2-1-3-5-9/h1-8,14H,(H,23,25)(H2,22,24,26)/t14-/m1/s1. The average Bonchev–Trinajstić information content (AvgIpc) is 2.56. The van der Waals surface area contributed by atoms with Gasteiger partial charge in [0.15, 0.2) is 5.11 Å². The van der Waals surface area contributed by atoms with Crippen LogP contribution in [-0.4, -0.2) is 21.0 Å². The Kier molecular flexibility index (Phi) is 7.64. The lowest BCUT2D eigenvalue weighted by molar-refractivity contribution is 0.0934. The minimum atomic E-state index is -1.86. The van der Waals surface area contributed by atoms with Crippen LogP contribution in [0.4, 0.5) is 5.69 Å². The third kappa shape index (κ3) is 6.34. The molecule has 26 heavy (non-hydrogen) atoms. The number of benzene rings is 2. The van der Waals surface area contributed by atoms with Crippen LogP contribution < -0.4 is 16.0 Å². The first kappa shape index (κ1) is 21.4. The molecule has 0 aliphatic heterocycles. The smallest absolute Gasteiger partial charge is 0.252 e. The van der Waals surface area contributed by atoms with Crippen molar-refractivity contribution < 1.29 is 4.79 Å². The third-order valence-electron chi connectivity index (χ3n) is 3.09. The fraction of sp³-hybridized carbons (Fsp3) is 0.125. The summed E-state index contributed by atoms with van der Waals surface area (Å²) in [6, 6.07) is 13.3. The Bertz CT molecular complexity index is 798. The van der Waals surface area contributed by atoms with Crippen LogP contribution in [0.15, 0.2) is 48.5 Å². The molecule has 0 unspecified atom stereocenters. The number of anilines is 1. The number of carbonyl (C=O) groups is 1. The van der Waals surface area contributed by atoms with Crippen LogP contribution in [0.2, 0.25) is 10.0 Å². The molecule has 4 nitrogen and oxygen atoms in total. The van der Waals surface area contributed by atoms with Gasteiger partial charge in [0.2, 0.25) is 3.79 Å². The predicted molar refractivity (Wildman–Crippen MR) is 114 cm³/mol. The molecule has 1 atom stereocenters. The second-order valence-electron chi connectivity index (χ2n) is 5.04. The van der Waals surface area contributed by atoms with E-state index in [1.807, 2.05) is 0 Å². The highest BCUT2D eigenvalue weighted by molar-refractivity contribution is 7.80. The van der Waals surface area contributed by atoms with Crippen molar-refractivity contribution in [2.24, 2.45) is 0 Å². The molecule has 0 aliphatic rings. The van der Waals surface area contributed by atoms with Crippen molar-refractivity contribution in [3.8, 4) is 0 Å². The van der Waals surface area contributed by atoms with Gasteiger partial charge in [-0.1, -0.05) is 76.2 Å². The van der Waals surface area contributed by atoms with Gasteiger partial charge in [-0.3, -0.25) is 4.79 Å². The van der Waals surface area contributed by atoms with Gasteiger partial charge in [0, 0.05) is 10.6 Å². The molecule has 10 heteroatoms. The van der Waals surface area contributed by atoms with E-state index in [1.54, 1.807) is 48.5 Å². The Morgan fingerprint density at radius 3 is 2.23 bits per heavy atom. The summed E-state index contributed by atoms with van der Waals surface area (Å²) in [6.45, 7) is 0. The zero-order valence-corrected chi connectivity index (χ0v) is 17.5. The number of halogens is 5. The SMILES string of the molecule is O=C(N[C@H](NC(=S)Nc1ccc(Cl)cc1Cl)C(Cl)(Cl)Cl)c1ccccc1. The topological polar surface area (TPSA) is 53.2 Å². The highest BCUT2D eigenvalue weighted by Gasteiger charge is 2.34. The molecule has 2 rings (SSSR count). The summed E-state index contributed by atoms with van der Waals surface area (Å²) in [4.78, 5) is 12.3. The van der Waals surface area contributed by atoms with E-state index in [1.165, 1.54) is 0 Å². The van der Waals surface area contributed by atoms with Crippen molar-refractivity contribution in [1.82, 2.24) is 10.6 Å². The van der Waals surface area contributed by atoms with Crippen LogP contribution in [0.5, 0.6) is 0 Å². The second-order valence-corrected chi connectivity index (χ2v) is 8.66. The molecule has 0 radical (unpaired) electrons. The van der Waals surface area contributed by atoms with Gasteiger partial charge in [0.25, 0.3) is 5.91 Å². The van der Waals surface area contributed by atoms with Crippen LogP contribution in [-0.2, 0) is 0 Å². The van der Waals surface area contributed by atoms with E-state index in [4.69, 9.17) is 70.2 Å². The summed E-state index contributed by atoms with van der Waals surface area (Å²) >= 11 is 35.0. The molecule has 0 saturated carbocycles. The summed E-state index contributed by atoms with van der Waals surface area (Å²) in [5, 5.41) is 9.13. The van der Waals surface area contributed by atoms with Crippen LogP contribution in [0.1, 0.15) is 10.4 Å². The maximum Gasteiger partial charge on any atom is 0.252 e. The van der Waals surface area contributed by atoms with Gasteiger partial charge in [0.1, 0.15) is 6.17 Å². The number of hydrogen-bond donors (Lipinski definition) is 3. The van der Waals surface area contributed by atoms with Crippen LogP contribution >= 0.6 is 70.2 Å². The van der Waals surface area contributed by atoms with Crippen LogP contribution in [0, 0.1) is 0 Å². The predicted octanol–water partition coefficient (Wildman–Crippen LogP) is 5.41. The van der Waals surface area contributed by atoms with Crippen molar-refractivity contribution >= 4 is 86.9 Å².